The summed E-state index contributed by atoms with van der Waals surface area (Å²) in [7, 11) is 3.03. The number of aromatic nitrogens is 1. The van der Waals surface area contributed by atoms with Crippen LogP contribution in [0.2, 0.25) is 0 Å². The van der Waals surface area contributed by atoms with Gasteiger partial charge in [-0.05, 0) is 24.3 Å². The van der Waals surface area contributed by atoms with E-state index in [2.05, 4.69) is 0 Å². The van der Waals surface area contributed by atoms with Crippen molar-refractivity contribution in [2.24, 2.45) is 0 Å². The average Bonchev–Trinajstić information content (AvgIpc) is 2.47. The van der Waals surface area contributed by atoms with Gasteiger partial charge in [0, 0.05) is 11.8 Å². The maximum atomic E-state index is 11.6. The molecule has 0 atom stereocenters. The predicted molar refractivity (Wildman–Crippen MR) is 71.1 cm³/mol. The quantitative estimate of drug-likeness (QED) is 0.902. The number of ether oxygens (including phenoxy) is 2. The van der Waals surface area contributed by atoms with Crippen LogP contribution in [0.25, 0.3) is 5.69 Å². The number of aliphatic hydroxyl groups excluding tert-OH is 1. The molecule has 0 fully saturated rings. The van der Waals surface area contributed by atoms with Crippen LogP contribution in [-0.2, 0) is 6.61 Å². The SMILES string of the molecule is COc1ccc(-n2cc(OC)c(=O)cc2CO)cc1. The Hall–Kier alpha value is -2.27. The minimum Gasteiger partial charge on any atom is -0.497 e. The standard InChI is InChI=1S/C14H15NO4/c1-18-12-5-3-10(4-6-12)15-8-14(19-2)13(17)7-11(15)9-16/h3-8,16H,9H2,1-2H3. The molecule has 0 aliphatic rings. The molecule has 5 heteroatoms. The lowest BCUT2D eigenvalue weighted by atomic mass is 10.2. The van der Waals surface area contributed by atoms with Crippen molar-refractivity contribution in [2.45, 2.75) is 6.61 Å². The molecule has 2 rings (SSSR count). The Morgan fingerprint density at radius 1 is 1.16 bits per heavy atom. The first-order valence-corrected chi connectivity index (χ1v) is 5.74. The Balaban J connectivity index is 2.55. The summed E-state index contributed by atoms with van der Waals surface area (Å²) in [6.07, 6.45) is 1.57. The average molecular weight is 261 g/mol. The molecule has 0 aliphatic carbocycles. The summed E-state index contributed by atoms with van der Waals surface area (Å²) in [5.41, 5.74) is 1.05. The molecule has 1 aromatic heterocycles. The highest BCUT2D eigenvalue weighted by atomic mass is 16.5. The maximum Gasteiger partial charge on any atom is 0.223 e. The maximum absolute atomic E-state index is 11.6. The van der Waals surface area contributed by atoms with Crippen molar-refractivity contribution in [2.75, 3.05) is 14.2 Å². The van der Waals surface area contributed by atoms with Crippen LogP contribution < -0.4 is 14.9 Å². The van der Waals surface area contributed by atoms with Crippen LogP contribution >= 0.6 is 0 Å². The molecular weight excluding hydrogens is 246 g/mol. The number of benzene rings is 1. The molecule has 2 aromatic rings. The molecular formula is C14H15NO4. The molecule has 1 aromatic carbocycles. The van der Waals surface area contributed by atoms with Crippen molar-refractivity contribution >= 4 is 0 Å². The molecule has 0 saturated heterocycles. The van der Waals surface area contributed by atoms with Gasteiger partial charge in [-0.2, -0.15) is 0 Å². The highest BCUT2D eigenvalue weighted by molar-refractivity contribution is 5.40. The van der Waals surface area contributed by atoms with E-state index in [1.165, 1.54) is 13.2 Å². The van der Waals surface area contributed by atoms with E-state index in [-0.39, 0.29) is 17.8 Å². The lowest BCUT2D eigenvalue weighted by molar-refractivity contribution is 0.273. The van der Waals surface area contributed by atoms with Gasteiger partial charge in [0.2, 0.25) is 5.43 Å². The van der Waals surface area contributed by atoms with Crippen LogP contribution in [0.15, 0.2) is 41.3 Å². The normalized spacial score (nSPS) is 10.3. The van der Waals surface area contributed by atoms with Gasteiger partial charge in [-0.3, -0.25) is 4.79 Å². The number of nitrogens with zero attached hydrogens (tertiary/aromatic N) is 1. The smallest absolute Gasteiger partial charge is 0.223 e. The van der Waals surface area contributed by atoms with Crippen molar-refractivity contribution in [1.82, 2.24) is 4.57 Å². The van der Waals surface area contributed by atoms with Crippen molar-refractivity contribution in [3.05, 3.63) is 52.4 Å². The minimum absolute atomic E-state index is 0.230. The largest absolute Gasteiger partial charge is 0.497 e. The van der Waals surface area contributed by atoms with Crippen LogP contribution in [0, 0.1) is 0 Å². The molecule has 100 valence electrons. The van der Waals surface area contributed by atoms with Gasteiger partial charge in [-0.15, -0.1) is 0 Å². The van der Waals surface area contributed by atoms with E-state index in [4.69, 9.17) is 9.47 Å². The third-order valence-electron chi connectivity index (χ3n) is 2.83. The molecule has 0 aliphatic heterocycles. The first kappa shape index (κ1) is 13.2. The van der Waals surface area contributed by atoms with Crippen LogP contribution in [0.1, 0.15) is 5.69 Å². The summed E-state index contributed by atoms with van der Waals surface area (Å²) in [4.78, 5) is 11.6. The molecule has 1 N–H and O–H groups in total. The fourth-order valence-corrected chi connectivity index (χ4v) is 1.81. The van der Waals surface area contributed by atoms with E-state index in [1.807, 2.05) is 12.1 Å². The Morgan fingerprint density at radius 2 is 1.84 bits per heavy atom. The molecule has 1 heterocycles. The second-order valence-corrected chi connectivity index (χ2v) is 3.92. The minimum atomic E-state index is -0.253. The first-order chi connectivity index (χ1) is 9.19. The van der Waals surface area contributed by atoms with Gasteiger partial charge < -0.3 is 19.1 Å². The number of aliphatic hydroxyl groups is 1. The molecule has 5 nitrogen and oxygen atoms in total. The topological polar surface area (TPSA) is 60.7 Å². The summed E-state index contributed by atoms with van der Waals surface area (Å²) < 4.78 is 11.8. The van der Waals surface area contributed by atoms with E-state index in [0.29, 0.717) is 5.69 Å². The number of hydrogen-bond donors (Lipinski definition) is 1. The van der Waals surface area contributed by atoms with Gasteiger partial charge in [0.15, 0.2) is 5.75 Å². The van der Waals surface area contributed by atoms with E-state index < -0.39 is 0 Å². The van der Waals surface area contributed by atoms with Gasteiger partial charge in [0.1, 0.15) is 5.75 Å². The molecule has 0 bridgehead atoms. The first-order valence-electron chi connectivity index (χ1n) is 5.74. The molecule has 0 amide bonds. The van der Waals surface area contributed by atoms with Gasteiger partial charge in [-0.25, -0.2) is 0 Å². The summed E-state index contributed by atoms with van der Waals surface area (Å²) in [5.74, 6) is 0.968. The number of methoxy groups -OCH3 is 2. The number of rotatable bonds is 4. The predicted octanol–water partition coefficient (Wildman–Crippen LogP) is 1.35. The second kappa shape index (κ2) is 5.58. The van der Waals surface area contributed by atoms with E-state index in [9.17, 15) is 9.90 Å². The Labute approximate surface area is 110 Å². The zero-order chi connectivity index (χ0) is 13.8. The second-order valence-electron chi connectivity index (χ2n) is 3.92. The van der Waals surface area contributed by atoms with Gasteiger partial charge >= 0.3 is 0 Å². The fourth-order valence-electron chi connectivity index (χ4n) is 1.81. The Morgan fingerprint density at radius 3 is 2.37 bits per heavy atom. The van der Waals surface area contributed by atoms with Crippen LogP contribution in [0.5, 0.6) is 11.5 Å². The van der Waals surface area contributed by atoms with Gasteiger partial charge in [0.25, 0.3) is 0 Å². The van der Waals surface area contributed by atoms with Crippen LogP contribution in [0.4, 0.5) is 0 Å². The monoisotopic (exact) mass is 261 g/mol. The highest BCUT2D eigenvalue weighted by Crippen LogP contribution is 2.18. The molecule has 19 heavy (non-hydrogen) atoms. The van der Waals surface area contributed by atoms with E-state index in [1.54, 1.807) is 30.0 Å². The zero-order valence-corrected chi connectivity index (χ0v) is 10.8. The van der Waals surface area contributed by atoms with Gasteiger partial charge in [-0.1, -0.05) is 0 Å². The molecule has 0 unspecified atom stereocenters. The summed E-state index contributed by atoms with van der Waals surface area (Å²) in [6.45, 7) is -0.231. The summed E-state index contributed by atoms with van der Waals surface area (Å²) in [6, 6.07) is 8.65. The van der Waals surface area contributed by atoms with Crippen molar-refractivity contribution in [3.8, 4) is 17.2 Å². The van der Waals surface area contributed by atoms with Crippen molar-refractivity contribution in [3.63, 3.8) is 0 Å². The van der Waals surface area contributed by atoms with E-state index in [0.717, 1.165) is 11.4 Å². The van der Waals surface area contributed by atoms with Crippen molar-refractivity contribution < 1.29 is 14.6 Å². The third kappa shape index (κ3) is 2.61. The van der Waals surface area contributed by atoms with Crippen molar-refractivity contribution in [1.29, 1.82) is 0 Å². The zero-order valence-electron chi connectivity index (χ0n) is 10.8. The fraction of sp³-hybridized carbons (Fsp3) is 0.214. The Kier molecular flexibility index (Phi) is 3.87. The lowest BCUT2D eigenvalue weighted by Crippen LogP contribution is -2.13. The summed E-state index contributed by atoms with van der Waals surface area (Å²) in [5, 5.41) is 9.34. The summed E-state index contributed by atoms with van der Waals surface area (Å²) >= 11 is 0. The Bertz CT molecular complexity index is 616. The lowest BCUT2D eigenvalue weighted by Gasteiger charge is -2.13. The van der Waals surface area contributed by atoms with E-state index >= 15 is 0 Å². The molecule has 0 radical (unpaired) electrons. The third-order valence-corrected chi connectivity index (χ3v) is 2.83. The van der Waals surface area contributed by atoms with Gasteiger partial charge in [0.05, 0.1) is 32.7 Å². The number of pyridine rings is 1. The van der Waals surface area contributed by atoms with Crippen LogP contribution in [-0.4, -0.2) is 23.9 Å². The highest BCUT2D eigenvalue weighted by Gasteiger charge is 2.08. The molecule has 0 spiro atoms. The number of hydrogen-bond acceptors (Lipinski definition) is 4. The van der Waals surface area contributed by atoms with Crippen LogP contribution in [0.3, 0.4) is 0 Å². The molecule has 0 saturated carbocycles.